The largest absolute Gasteiger partial charge is 0.494 e. The molecular formula is C23H27N3O3. The minimum Gasteiger partial charge on any atom is -0.494 e. The second kappa shape index (κ2) is 9.87. The van der Waals surface area contributed by atoms with Gasteiger partial charge in [0, 0.05) is 31.3 Å². The third-order valence-electron chi connectivity index (χ3n) is 4.95. The minimum atomic E-state index is -0.101. The smallest absolute Gasteiger partial charge is 0.246 e. The van der Waals surface area contributed by atoms with E-state index in [4.69, 9.17) is 4.74 Å². The third kappa shape index (κ3) is 5.91. The lowest BCUT2D eigenvalue weighted by atomic mass is 9.96. The van der Waals surface area contributed by atoms with E-state index in [1.807, 2.05) is 50.2 Å². The second-order valence-electron chi connectivity index (χ2n) is 7.14. The molecule has 0 saturated carbocycles. The maximum Gasteiger partial charge on any atom is 0.246 e. The number of nitrogens with one attached hydrogen (secondary N) is 1. The third-order valence-corrected chi connectivity index (χ3v) is 4.95. The molecule has 2 heterocycles. The van der Waals surface area contributed by atoms with E-state index in [9.17, 15) is 9.59 Å². The number of nitrogens with zero attached hydrogens (tertiary/aromatic N) is 2. The number of aromatic nitrogens is 1. The van der Waals surface area contributed by atoms with Gasteiger partial charge in [0.05, 0.1) is 6.61 Å². The van der Waals surface area contributed by atoms with Crippen LogP contribution in [0.1, 0.15) is 30.9 Å². The molecule has 29 heavy (non-hydrogen) atoms. The quantitative estimate of drug-likeness (QED) is 0.760. The number of aryl methyl sites for hydroxylation is 1. The van der Waals surface area contributed by atoms with Crippen LogP contribution in [0.5, 0.6) is 5.75 Å². The summed E-state index contributed by atoms with van der Waals surface area (Å²) < 4.78 is 5.42. The summed E-state index contributed by atoms with van der Waals surface area (Å²) in [7, 11) is 0. The highest BCUT2D eigenvalue weighted by molar-refractivity contribution is 5.93. The fraction of sp³-hybridized carbons (Fsp3) is 0.348. The predicted molar refractivity (Wildman–Crippen MR) is 114 cm³/mol. The van der Waals surface area contributed by atoms with Gasteiger partial charge < -0.3 is 15.0 Å². The highest BCUT2D eigenvalue weighted by atomic mass is 16.5. The number of carbonyl (C=O) groups is 2. The first-order valence-corrected chi connectivity index (χ1v) is 9.98. The number of likely N-dealkylation sites (tertiary alicyclic amines) is 1. The van der Waals surface area contributed by atoms with Crippen molar-refractivity contribution >= 4 is 23.7 Å². The molecule has 0 spiro atoms. The fourth-order valence-corrected chi connectivity index (χ4v) is 3.31. The molecule has 1 aromatic heterocycles. The van der Waals surface area contributed by atoms with Gasteiger partial charge in [-0.25, -0.2) is 4.98 Å². The molecule has 1 N–H and O–H groups in total. The van der Waals surface area contributed by atoms with Crippen molar-refractivity contribution in [3.63, 3.8) is 0 Å². The molecule has 1 fully saturated rings. The van der Waals surface area contributed by atoms with Crippen molar-refractivity contribution in [1.82, 2.24) is 9.88 Å². The van der Waals surface area contributed by atoms with Crippen LogP contribution < -0.4 is 10.1 Å². The summed E-state index contributed by atoms with van der Waals surface area (Å²) in [5.41, 5.74) is 2.00. The first-order valence-electron chi connectivity index (χ1n) is 9.98. The van der Waals surface area contributed by atoms with Gasteiger partial charge in [-0.1, -0.05) is 12.1 Å². The van der Waals surface area contributed by atoms with Crippen LogP contribution in [0.4, 0.5) is 5.82 Å². The van der Waals surface area contributed by atoms with Gasteiger partial charge in [0.1, 0.15) is 11.6 Å². The monoisotopic (exact) mass is 393 g/mol. The van der Waals surface area contributed by atoms with E-state index < -0.39 is 0 Å². The highest BCUT2D eigenvalue weighted by Crippen LogP contribution is 2.20. The van der Waals surface area contributed by atoms with Crippen molar-refractivity contribution in [3.8, 4) is 5.75 Å². The number of carbonyl (C=O) groups excluding carboxylic acids is 2. The predicted octanol–water partition coefficient (Wildman–Crippen LogP) is 3.68. The molecule has 3 rings (SSSR count). The SMILES string of the molecule is CCOc1ccc(C=CC(=O)N2CCC(C(=O)Nc3cc(C)ccn3)CC2)cc1. The van der Waals surface area contributed by atoms with E-state index in [1.54, 1.807) is 23.2 Å². The lowest BCUT2D eigenvalue weighted by molar-refractivity contribution is -0.130. The zero-order valence-electron chi connectivity index (χ0n) is 16.9. The lowest BCUT2D eigenvalue weighted by Crippen LogP contribution is -2.40. The Morgan fingerprint density at radius 1 is 1.21 bits per heavy atom. The molecule has 0 radical (unpaired) electrons. The normalized spacial score (nSPS) is 14.8. The van der Waals surface area contributed by atoms with Crippen molar-refractivity contribution < 1.29 is 14.3 Å². The molecule has 1 aromatic carbocycles. The minimum absolute atomic E-state index is 0.0277. The van der Waals surface area contributed by atoms with Crippen molar-refractivity contribution in [1.29, 1.82) is 0 Å². The topological polar surface area (TPSA) is 71.5 Å². The number of ether oxygens (including phenoxy) is 1. The Bertz CT molecular complexity index is 869. The van der Waals surface area contributed by atoms with E-state index in [0.717, 1.165) is 16.9 Å². The van der Waals surface area contributed by atoms with Gasteiger partial charge in [0.2, 0.25) is 11.8 Å². The zero-order chi connectivity index (χ0) is 20.6. The van der Waals surface area contributed by atoms with Gasteiger partial charge in [-0.3, -0.25) is 9.59 Å². The number of pyridine rings is 1. The van der Waals surface area contributed by atoms with Gasteiger partial charge in [0.15, 0.2) is 0 Å². The highest BCUT2D eigenvalue weighted by Gasteiger charge is 2.26. The Balaban J connectivity index is 1.48. The summed E-state index contributed by atoms with van der Waals surface area (Å²) in [5.74, 6) is 1.23. The molecular weight excluding hydrogens is 366 g/mol. The number of hydrogen-bond acceptors (Lipinski definition) is 4. The maximum atomic E-state index is 12.5. The first-order chi connectivity index (χ1) is 14.0. The number of hydrogen-bond donors (Lipinski definition) is 1. The summed E-state index contributed by atoms with van der Waals surface area (Å²) in [6.07, 6.45) is 6.39. The van der Waals surface area contributed by atoms with Crippen LogP contribution in [-0.2, 0) is 9.59 Å². The molecule has 0 unspecified atom stereocenters. The number of anilines is 1. The zero-order valence-corrected chi connectivity index (χ0v) is 16.9. The Labute approximate surface area is 171 Å². The first kappa shape index (κ1) is 20.6. The fourth-order valence-electron chi connectivity index (χ4n) is 3.31. The summed E-state index contributed by atoms with van der Waals surface area (Å²) >= 11 is 0. The summed E-state index contributed by atoms with van der Waals surface area (Å²) in [4.78, 5) is 30.9. The van der Waals surface area contributed by atoms with Crippen molar-refractivity contribution in [2.75, 3.05) is 25.0 Å². The standard InChI is InChI=1S/C23H27N3O3/c1-3-29-20-7-4-18(5-8-20)6-9-22(27)26-14-11-19(12-15-26)23(28)25-21-16-17(2)10-13-24-21/h4-10,13,16,19H,3,11-12,14-15H2,1-2H3,(H,24,25,28). The van der Waals surface area contributed by atoms with Crippen LogP contribution in [0.2, 0.25) is 0 Å². The average Bonchev–Trinajstić information content (AvgIpc) is 2.73. The van der Waals surface area contributed by atoms with Gasteiger partial charge in [-0.15, -0.1) is 0 Å². The van der Waals surface area contributed by atoms with Gasteiger partial charge in [0.25, 0.3) is 0 Å². The second-order valence-corrected chi connectivity index (χ2v) is 7.14. The van der Waals surface area contributed by atoms with E-state index in [-0.39, 0.29) is 17.7 Å². The van der Waals surface area contributed by atoms with Gasteiger partial charge in [-0.2, -0.15) is 0 Å². The van der Waals surface area contributed by atoms with Crippen LogP contribution in [0, 0.1) is 12.8 Å². The van der Waals surface area contributed by atoms with Crippen LogP contribution in [0.15, 0.2) is 48.7 Å². The van der Waals surface area contributed by atoms with Crippen LogP contribution in [-0.4, -0.2) is 41.4 Å². The molecule has 1 aliphatic rings. The number of rotatable bonds is 6. The van der Waals surface area contributed by atoms with Crippen LogP contribution in [0.3, 0.4) is 0 Å². The Morgan fingerprint density at radius 2 is 1.93 bits per heavy atom. The summed E-state index contributed by atoms with van der Waals surface area (Å²) in [6.45, 7) is 5.68. The van der Waals surface area contributed by atoms with Crippen molar-refractivity contribution in [3.05, 3.63) is 59.8 Å². The van der Waals surface area contributed by atoms with Crippen molar-refractivity contribution in [2.24, 2.45) is 5.92 Å². The summed E-state index contributed by atoms with van der Waals surface area (Å²) in [6, 6.07) is 11.4. The molecule has 2 amide bonds. The van der Waals surface area contributed by atoms with Crippen LogP contribution in [0.25, 0.3) is 6.08 Å². The van der Waals surface area contributed by atoms with E-state index >= 15 is 0 Å². The van der Waals surface area contributed by atoms with Crippen molar-refractivity contribution in [2.45, 2.75) is 26.7 Å². The molecule has 152 valence electrons. The average molecular weight is 393 g/mol. The number of benzene rings is 1. The van der Waals surface area contributed by atoms with E-state index in [2.05, 4.69) is 10.3 Å². The molecule has 6 heteroatoms. The summed E-state index contributed by atoms with van der Waals surface area (Å²) in [5, 5.41) is 2.88. The Morgan fingerprint density at radius 3 is 2.59 bits per heavy atom. The van der Waals surface area contributed by atoms with Gasteiger partial charge >= 0.3 is 0 Å². The molecule has 0 atom stereocenters. The lowest BCUT2D eigenvalue weighted by Gasteiger charge is -2.30. The Hall–Kier alpha value is -3.15. The number of piperidine rings is 1. The molecule has 0 aliphatic carbocycles. The van der Waals surface area contributed by atoms with E-state index in [1.165, 1.54) is 0 Å². The van der Waals surface area contributed by atoms with Gasteiger partial charge in [-0.05, 0) is 68.2 Å². The maximum absolute atomic E-state index is 12.5. The molecule has 1 aliphatic heterocycles. The number of amides is 2. The Kier molecular flexibility index (Phi) is 7.00. The molecule has 0 bridgehead atoms. The molecule has 1 saturated heterocycles. The van der Waals surface area contributed by atoms with E-state index in [0.29, 0.717) is 38.4 Å². The molecule has 2 aromatic rings. The molecule has 6 nitrogen and oxygen atoms in total. The van der Waals surface area contributed by atoms with Crippen LogP contribution >= 0.6 is 0 Å².